The Morgan fingerprint density at radius 3 is 3.20 bits per heavy atom. The van der Waals surface area contributed by atoms with Crippen LogP contribution in [0.1, 0.15) is 6.42 Å². The third-order valence-corrected chi connectivity index (χ3v) is 1.67. The molecule has 3 nitrogen and oxygen atoms in total. The maximum atomic E-state index is 5.18. The Hall–Kier alpha value is -0.120. The first-order chi connectivity index (χ1) is 4.93. The number of methoxy groups -OCH3 is 1. The summed E-state index contributed by atoms with van der Waals surface area (Å²) in [6.45, 7) is 3.50. The summed E-state index contributed by atoms with van der Waals surface area (Å²) in [5.74, 6) is 0. The predicted molar refractivity (Wildman–Crippen MR) is 39.1 cm³/mol. The highest BCUT2D eigenvalue weighted by Gasteiger charge is 2.13. The van der Waals surface area contributed by atoms with E-state index in [1.54, 1.807) is 7.11 Å². The van der Waals surface area contributed by atoms with E-state index in [0.717, 1.165) is 32.8 Å². The molecule has 10 heavy (non-hydrogen) atoms. The van der Waals surface area contributed by atoms with E-state index in [0.29, 0.717) is 6.04 Å². The van der Waals surface area contributed by atoms with Gasteiger partial charge in [-0.05, 0) is 6.42 Å². The first kappa shape index (κ1) is 7.98. The van der Waals surface area contributed by atoms with E-state index in [4.69, 9.17) is 9.47 Å². The van der Waals surface area contributed by atoms with Gasteiger partial charge in [-0.3, -0.25) is 0 Å². The minimum atomic E-state index is 0.565. The van der Waals surface area contributed by atoms with Crippen LogP contribution < -0.4 is 5.32 Å². The summed E-state index contributed by atoms with van der Waals surface area (Å²) in [6.07, 6.45) is 1.14. The molecule has 0 amide bonds. The monoisotopic (exact) mass is 145 g/mol. The molecule has 1 aliphatic heterocycles. The maximum Gasteiger partial charge on any atom is 0.0620 e. The van der Waals surface area contributed by atoms with Gasteiger partial charge < -0.3 is 14.8 Å². The number of rotatable bonds is 4. The molecule has 1 saturated heterocycles. The van der Waals surface area contributed by atoms with Gasteiger partial charge in [0.25, 0.3) is 0 Å². The molecule has 0 aromatic heterocycles. The van der Waals surface area contributed by atoms with E-state index in [9.17, 15) is 0 Å². The lowest BCUT2D eigenvalue weighted by molar-refractivity contribution is 0.179. The highest BCUT2D eigenvalue weighted by molar-refractivity contribution is 4.70. The maximum absolute atomic E-state index is 5.18. The van der Waals surface area contributed by atoms with Crippen LogP contribution in [0.2, 0.25) is 0 Å². The quantitative estimate of drug-likeness (QED) is 0.565. The van der Waals surface area contributed by atoms with Gasteiger partial charge in [0.05, 0.1) is 13.2 Å². The van der Waals surface area contributed by atoms with Crippen molar-refractivity contribution in [3.05, 3.63) is 0 Å². The van der Waals surface area contributed by atoms with Gasteiger partial charge in [-0.15, -0.1) is 0 Å². The lowest BCUT2D eigenvalue weighted by Gasteiger charge is -2.08. The Bertz CT molecular complexity index is 81.7. The zero-order valence-corrected chi connectivity index (χ0v) is 6.43. The average Bonchev–Trinajstić information content (AvgIpc) is 2.41. The van der Waals surface area contributed by atoms with Gasteiger partial charge in [0.1, 0.15) is 0 Å². The van der Waals surface area contributed by atoms with Crippen molar-refractivity contribution in [1.82, 2.24) is 5.32 Å². The number of hydrogen-bond donors (Lipinski definition) is 1. The van der Waals surface area contributed by atoms with Crippen molar-refractivity contribution < 1.29 is 9.47 Å². The number of ether oxygens (including phenoxy) is 2. The van der Waals surface area contributed by atoms with Gasteiger partial charge in [0.15, 0.2) is 0 Å². The highest BCUT2D eigenvalue weighted by Crippen LogP contribution is 2.01. The fourth-order valence-corrected chi connectivity index (χ4v) is 1.06. The van der Waals surface area contributed by atoms with Crippen LogP contribution in [0.5, 0.6) is 0 Å². The Kier molecular flexibility index (Phi) is 3.72. The van der Waals surface area contributed by atoms with Crippen molar-refractivity contribution in [2.45, 2.75) is 12.5 Å². The van der Waals surface area contributed by atoms with E-state index in [2.05, 4.69) is 5.32 Å². The zero-order valence-electron chi connectivity index (χ0n) is 6.43. The molecule has 3 heteroatoms. The molecule has 0 saturated carbocycles. The molecule has 0 aromatic rings. The summed E-state index contributed by atoms with van der Waals surface area (Å²) in [6, 6.07) is 0.565. The van der Waals surface area contributed by atoms with E-state index < -0.39 is 0 Å². The smallest absolute Gasteiger partial charge is 0.0620 e. The van der Waals surface area contributed by atoms with Crippen LogP contribution in [0, 0.1) is 0 Å². The molecule has 1 atom stereocenters. The van der Waals surface area contributed by atoms with Gasteiger partial charge in [-0.25, -0.2) is 0 Å². The van der Waals surface area contributed by atoms with Crippen LogP contribution >= 0.6 is 0 Å². The third-order valence-electron chi connectivity index (χ3n) is 1.67. The molecule has 1 N–H and O–H groups in total. The molecule has 1 rings (SSSR count). The fourth-order valence-electron chi connectivity index (χ4n) is 1.06. The Balaban J connectivity index is 1.91. The van der Waals surface area contributed by atoms with Gasteiger partial charge >= 0.3 is 0 Å². The molecular formula is C7H15NO2. The van der Waals surface area contributed by atoms with Crippen molar-refractivity contribution in [2.75, 3.05) is 33.5 Å². The molecule has 1 heterocycles. The minimum absolute atomic E-state index is 0.565. The van der Waals surface area contributed by atoms with Crippen LogP contribution in [-0.2, 0) is 9.47 Å². The topological polar surface area (TPSA) is 30.5 Å². The normalized spacial score (nSPS) is 25.5. The lowest BCUT2D eigenvalue weighted by atomic mass is 10.3. The van der Waals surface area contributed by atoms with E-state index in [1.165, 1.54) is 0 Å². The second kappa shape index (κ2) is 4.66. The van der Waals surface area contributed by atoms with E-state index in [1.807, 2.05) is 0 Å². The predicted octanol–water partition coefficient (Wildman–Crippen LogP) is 0.0113. The first-order valence-corrected chi connectivity index (χ1v) is 3.73. The molecule has 0 aromatic carbocycles. The van der Waals surface area contributed by atoms with Gasteiger partial charge in [-0.2, -0.15) is 0 Å². The van der Waals surface area contributed by atoms with Crippen molar-refractivity contribution >= 4 is 0 Å². The second-order valence-electron chi connectivity index (χ2n) is 2.51. The zero-order chi connectivity index (χ0) is 7.23. The third kappa shape index (κ3) is 2.64. The molecular weight excluding hydrogens is 130 g/mol. The fraction of sp³-hybridized carbons (Fsp3) is 1.00. The molecule has 1 aliphatic rings. The Labute approximate surface area is 61.7 Å². The van der Waals surface area contributed by atoms with E-state index in [-0.39, 0.29) is 0 Å². The molecule has 0 radical (unpaired) electrons. The standard InChI is InChI=1S/C7H15NO2/c1-9-5-3-8-7-2-4-10-6-7/h7-8H,2-6H2,1H3. The van der Waals surface area contributed by atoms with Crippen molar-refractivity contribution in [3.63, 3.8) is 0 Å². The second-order valence-corrected chi connectivity index (χ2v) is 2.51. The van der Waals surface area contributed by atoms with Crippen LogP contribution in [-0.4, -0.2) is 39.5 Å². The van der Waals surface area contributed by atoms with Crippen LogP contribution in [0.4, 0.5) is 0 Å². The van der Waals surface area contributed by atoms with Gasteiger partial charge in [0, 0.05) is 26.3 Å². The number of hydrogen-bond acceptors (Lipinski definition) is 3. The minimum Gasteiger partial charge on any atom is -0.383 e. The molecule has 0 aliphatic carbocycles. The highest BCUT2D eigenvalue weighted by atomic mass is 16.5. The summed E-state index contributed by atoms with van der Waals surface area (Å²) in [7, 11) is 1.72. The summed E-state index contributed by atoms with van der Waals surface area (Å²) < 4.78 is 10.1. The average molecular weight is 145 g/mol. The van der Waals surface area contributed by atoms with Crippen molar-refractivity contribution in [3.8, 4) is 0 Å². The molecule has 1 unspecified atom stereocenters. The van der Waals surface area contributed by atoms with Crippen LogP contribution in [0.15, 0.2) is 0 Å². The molecule has 0 spiro atoms. The summed E-state index contributed by atoms with van der Waals surface area (Å²) in [5, 5.41) is 3.33. The number of nitrogens with one attached hydrogen (secondary N) is 1. The SMILES string of the molecule is COCCNC1CCOC1. The van der Waals surface area contributed by atoms with Crippen molar-refractivity contribution in [1.29, 1.82) is 0 Å². The summed E-state index contributed by atoms with van der Waals surface area (Å²) >= 11 is 0. The summed E-state index contributed by atoms with van der Waals surface area (Å²) in [4.78, 5) is 0. The van der Waals surface area contributed by atoms with E-state index >= 15 is 0 Å². The first-order valence-electron chi connectivity index (χ1n) is 3.73. The largest absolute Gasteiger partial charge is 0.383 e. The summed E-state index contributed by atoms with van der Waals surface area (Å²) in [5.41, 5.74) is 0. The van der Waals surface area contributed by atoms with Gasteiger partial charge in [0.2, 0.25) is 0 Å². The Morgan fingerprint density at radius 1 is 1.70 bits per heavy atom. The molecule has 1 fully saturated rings. The Morgan fingerprint density at radius 2 is 2.60 bits per heavy atom. The van der Waals surface area contributed by atoms with Crippen molar-refractivity contribution in [2.24, 2.45) is 0 Å². The van der Waals surface area contributed by atoms with Crippen LogP contribution in [0.3, 0.4) is 0 Å². The van der Waals surface area contributed by atoms with Gasteiger partial charge in [-0.1, -0.05) is 0 Å². The molecule has 0 bridgehead atoms. The molecule has 60 valence electrons. The lowest BCUT2D eigenvalue weighted by Crippen LogP contribution is -2.31. The van der Waals surface area contributed by atoms with Crippen LogP contribution in [0.25, 0.3) is 0 Å².